The van der Waals surface area contributed by atoms with E-state index in [1.165, 1.54) is 0 Å². The van der Waals surface area contributed by atoms with Crippen LogP contribution in [0, 0.1) is 0 Å². The molecular formula is C10H21NO3S. The van der Waals surface area contributed by atoms with Crippen LogP contribution in [0.2, 0.25) is 0 Å². The van der Waals surface area contributed by atoms with Crippen molar-refractivity contribution in [2.24, 2.45) is 0 Å². The van der Waals surface area contributed by atoms with Gasteiger partial charge in [0.05, 0.1) is 5.75 Å². The molecule has 0 aromatic carbocycles. The quantitative estimate of drug-likeness (QED) is 0.719. The molecule has 0 saturated carbocycles. The smallest absolute Gasteiger partial charge is 0.238 e. The molecule has 1 atom stereocenters. The van der Waals surface area contributed by atoms with Crippen molar-refractivity contribution in [2.45, 2.75) is 45.3 Å². The molecule has 0 radical (unpaired) electrons. The Morgan fingerprint density at radius 1 is 1.27 bits per heavy atom. The van der Waals surface area contributed by atoms with Crippen LogP contribution in [0.25, 0.3) is 0 Å². The number of carbonyl (C=O) groups excluding carboxylic acids is 1. The Balaban J connectivity index is 4.57. The first-order valence-electron chi connectivity index (χ1n) is 5.48. The first-order chi connectivity index (χ1) is 6.99. The van der Waals surface area contributed by atoms with Gasteiger partial charge in [-0.3, -0.25) is 4.79 Å². The fraction of sp³-hybridized carbons (Fsp3) is 0.900. The predicted molar refractivity (Wildman–Crippen MR) is 61.5 cm³/mol. The van der Waals surface area contributed by atoms with Gasteiger partial charge in [-0.2, -0.15) is 0 Å². The minimum Gasteiger partial charge on any atom is -0.355 e. The lowest BCUT2D eigenvalue weighted by Crippen LogP contribution is -2.40. The van der Waals surface area contributed by atoms with Gasteiger partial charge in [-0.1, -0.05) is 20.3 Å². The van der Waals surface area contributed by atoms with Crippen LogP contribution in [-0.4, -0.2) is 31.9 Å². The highest BCUT2D eigenvalue weighted by Gasteiger charge is 2.29. The second kappa shape index (κ2) is 6.82. The van der Waals surface area contributed by atoms with Crippen molar-refractivity contribution in [1.82, 2.24) is 5.32 Å². The van der Waals surface area contributed by atoms with Gasteiger partial charge in [-0.25, -0.2) is 8.42 Å². The number of rotatable bonds is 7. The van der Waals surface area contributed by atoms with Crippen molar-refractivity contribution < 1.29 is 13.2 Å². The van der Waals surface area contributed by atoms with Crippen molar-refractivity contribution in [3.63, 3.8) is 0 Å². The summed E-state index contributed by atoms with van der Waals surface area (Å²) in [7, 11) is -3.27. The molecule has 1 amide bonds. The lowest BCUT2D eigenvalue weighted by molar-refractivity contribution is -0.120. The second-order valence-electron chi connectivity index (χ2n) is 3.51. The van der Waals surface area contributed by atoms with E-state index in [9.17, 15) is 13.2 Å². The van der Waals surface area contributed by atoms with Crippen molar-refractivity contribution in [1.29, 1.82) is 0 Å². The normalized spacial score (nSPS) is 13.5. The van der Waals surface area contributed by atoms with Crippen LogP contribution in [0.15, 0.2) is 0 Å². The van der Waals surface area contributed by atoms with Gasteiger partial charge in [0.1, 0.15) is 5.25 Å². The molecule has 0 rings (SSSR count). The van der Waals surface area contributed by atoms with Gasteiger partial charge in [0.2, 0.25) is 5.91 Å². The van der Waals surface area contributed by atoms with Gasteiger partial charge in [-0.15, -0.1) is 0 Å². The van der Waals surface area contributed by atoms with E-state index >= 15 is 0 Å². The molecule has 90 valence electrons. The highest BCUT2D eigenvalue weighted by Crippen LogP contribution is 2.09. The van der Waals surface area contributed by atoms with E-state index in [4.69, 9.17) is 0 Å². The highest BCUT2D eigenvalue weighted by molar-refractivity contribution is 7.92. The summed E-state index contributed by atoms with van der Waals surface area (Å²) in [5, 5.41) is 1.69. The Morgan fingerprint density at radius 2 is 1.87 bits per heavy atom. The number of nitrogens with one attached hydrogen (secondary N) is 1. The number of unbranched alkanes of at least 4 members (excludes halogenated alkanes) is 1. The van der Waals surface area contributed by atoms with Gasteiger partial charge in [0.25, 0.3) is 0 Å². The highest BCUT2D eigenvalue weighted by atomic mass is 32.2. The second-order valence-corrected chi connectivity index (χ2v) is 5.82. The van der Waals surface area contributed by atoms with E-state index in [1.807, 2.05) is 6.92 Å². The maximum absolute atomic E-state index is 11.8. The van der Waals surface area contributed by atoms with Crippen LogP contribution >= 0.6 is 0 Å². The molecule has 0 aromatic heterocycles. The largest absolute Gasteiger partial charge is 0.355 e. The van der Waals surface area contributed by atoms with Crippen molar-refractivity contribution in [3.05, 3.63) is 0 Å². The summed E-state index contributed by atoms with van der Waals surface area (Å²) in [5.41, 5.74) is 0. The molecule has 0 bridgehead atoms. The fourth-order valence-corrected chi connectivity index (χ4v) is 3.27. The van der Waals surface area contributed by atoms with E-state index in [0.29, 0.717) is 19.4 Å². The van der Waals surface area contributed by atoms with Gasteiger partial charge in [0, 0.05) is 6.54 Å². The first kappa shape index (κ1) is 14.4. The molecule has 0 aliphatic carbocycles. The molecule has 1 N–H and O–H groups in total. The average molecular weight is 235 g/mol. The number of hydrogen-bond donors (Lipinski definition) is 1. The molecule has 0 spiro atoms. The summed E-state index contributed by atoms with van der Waals surface area (Å²) in [6.45, 7) is 5.91. The Morgan fingerprint density at radius 3 is 2.27 bits per heavy atom. The lowest BCUT2D eigenvalue weighted by Gasteiger charge is -2.14. The van der Waals surface area contributed by atoms with Crippen LogP contribution in [0.3, 0.4) is 0 Å². The Bertz CT molecular complexity index is 285. The van der Waals surface area contributed by atoms with Crippen LogP contribution in [0.5, 0.6) is 0 Å². The monoisotopic (exact) mass is 235 g/mol. The van der Waals surface area contributed by atoms with E-state index in [-0.39, 0.29) is 11.7 Å². The minimum atomic E-state index is -3.27. The molecule has 0 aromatic rings. The SMILES string of the molecule is CCCCS(=O)(=O)C(CC)C(=O)NCC. The fourth-order valence-electron chi connectivity index (χ4n) is 1.38. The lowest BCUT2D eigenvalue weighted by atomic mass is 10.3. The maximum atomic E-state index is 11.8. The zero-order chi connectivity index (χ0) is 11.9. The van der Waals surface area contributed by atoms with Crippen LogP contribution < -0.4 is 5.32 Å². The summed E-state index contributed by atoms with van der Waals surface area (Å²) < 4.78 is 23.6. The molecule has 0 aliphatic rings. The number of amides is 1. The third-order valence-corrected chi connectivity index (χ3v) is 4.50. The molecule has 0 saturated heterocycles. The Labute approximate surface area is 92.4 Å². The third-order valence-electron chi connectivity index (χ3n) is 2.23. The van der Waals surface area contributed by atoms with E-state index < -0.39 is 15.1 Å². The van der Waals surface area contributed by atoms with Gasteiger partial charge < -0.3 is 5.32 Å². The molecule has 15 heavy (non-hydrogen) atoms. The summed E-state index contributed by atoms with van der Waals surface area (Å²) in [4.78, 5) is 11.5. The molecule has 0 aliphatic heterocycles. The zero-order valence-electron chi connectivity index (χ0n) is 9.75. The topological polar surface area (TPSA) is 63.2 Å². The predicted octanol–water partition coefficient (Wildman–Crippen LogP) is 1.12. The number of hydrogen-bond acceptors (Lipinski definition) is 3. The maximum Gasteiger partial charge on any atom is 0.238 e. The summed E-state index contributed by atoms with van der Waals surface area (Å²) in [6.07, 6.45) is 1.79. The number of carbonyl (C=O) groups is 1. The summed E-state index contributed by atoms with van der Waals surface area (Å²) >= 11 is 0. The Hall–Kier alpha value is -0.580. The van der Waals surface area contributed by atoms with E-state index in [1.54, 1.807) is 13.8 Å². The summed E-state index contributed by atoms with van der Waals surface area (Å²) in [6, 6.07) is 0. The van der Waals surface area contributed by atoms with Crippen molar-refractivity contribution in [2.75, 3.05) is 12.3 Å². The summed E-state index contributed by atoms with van der Waals surface area (Å²) in [5.74, 6) is -0.254. The molecule has 5 heteroatoms. The minimum absolute atomic E-state index is 0.110. The van der Waals surface area contributed by atoms with E-state index in [2.05, 4.69) is 5.32 Å². The number of sulfone groups is 1. The molecule has 0 heterocycles. The third kappa shape index (κ3) is 4.64. The average Bonchev–Trinajstić information content (AvgIpc) is 2.16. The molecule has 4 nitrogen and oxygen atoms in total. The zero-order valence-corrected chi connectivity index (χ0v) is 10.6. The molecule has 0 fully saturated rings. The standard InChI is InChI=1S/C10H21NO3S/c1-4-7-8-15(13,14)9(5-2)10(12)11-6-3/h9H,4-8H2,1-3H3,(H,11,12). The van der Waals surface area contributed by atoms with Gasteiger partial charge >= 0.3 is 0 Å². The van der Waals surface area contributed by atoms with Crippen LogP contribution in [-0.2, 0) is 14.6 Å². The van der Waals surface area contributed by atoms with Crippen LogP contribution in [0.1, 0.15) is 40.0 Å². The molecule has 1 unspecified atom stereocenters. The van der Waals surface area contributed by atoms with Gasteiger partial charge in [0.15, 0.2) is 9.84 Å². The Kier molecular flexibility index (Phi) is 6.56. The molecular weight excluding hydrogens is 214 g/mol. The van der Waals surface area contributed by atoms with E-state index in [0.717, 1.165) is 6.42 Å². The van der Waals surface area contributed by atoms with Crippen LogP contribution in [0.4, 0.5) is 0 Å². The van der Waals surface area contributed by atoms with Crippen molar-refractivity contribution in [3.8, 4) is 0 Å². The van der Waals surface area contributed by atoms with Gasteiger partial charge in [-0.05, 0) is 19.8 Å². The van der Waals surface area contributed by atoms with Crippen molar-refractivity contribution >= 4 is 15.7 Å². The first-order valence-corrected chi connectivity index (χ1v) is 7.20.